The molecule has 1 aliphatic rings. The van der Waals surface area contributed by atoms with E-state index in [1.807, 2.05) is 12.1 Å². The maximum Gasteiger partial charge on any atom is 0.364 e. The Balaban J connectivity index is 1.82. The van der Waals surface area contributed by atoms with E-state index in [-0.39, 0.29) is 11.2 Å². The second kappa shape index (κ2) is 5.14. The highest BCUT2D eigenvalue weighted by Gasteiger charge is 2.27. The zero-order valence-corrected chi connectivity index (χ0v) is 12.8. The number of anilines is 1. The Morgan fingerprint density at radius 2 is 2.24 bits per heavy atom. The highest BCUT2D eigenvalue weighted by molar-refractivity contribution is 5.46. The number of fused-ring (bicyclic) bond motifs is 1. The van der Waals surface area contributed by atoms with Crippen LogP contribution in [0.1, 0.15) is 33.6 Å². The maximum absolute atomic E-state index is 11.6. The molecule has 1 saturated heterocycles. The first-order valence-corrected chi connectivity index (χ1v) is 7.40. The van der Waals surface area contributed by atoms with Crippen LogP contribution in [0, 0.1) is 0 Å². The van der Waals surface area contributed by atoms with Crippen molar-refractivity contribution in [3.05, 3.63) is 22.6 Å². The minimum atomic E-state index is -0.296. The standard InChI is InChI=1S/C14H22N6O/c1-14(2,3)15-9-10-5-4-8-19(10)12-7-6-11-16-17-13(21)20(11)18-12/h6-7,10,15H,4-5,8-9H2,1-3H3,(H,17,21). The van der Waals surface area contributed by atoms with Crippen molar-refractivity contribution < 1.29 is 0 Å². The molecule has 114 valence electrons. The number of aromatic amines is 1. The van der Waals surface area contributed by atoms with E-state index in [9.17, 15) is 4.79 Å². The lowest BCUT2D eigenvalue weighted by Crippen LogP contribution is -2.45. The molecule has 1 fully saturated rings. The molecule has 3 rings (SSSR count). The fourth-order valence-corrected chi connectivity index (χ4v) is 2.72. The van der Waals surface area contributed by atoms with Crippen molar-refractivity contribution in [1.29, 1.82) is 0 Å². The highest BCUT2D eigenvalue weighted by Crippen LogP contribution is 2.23. The van der Waals surface area contributed by atoms with Crippen LogP contribution in [-0.4, -0.2) is 44.5 Å². The Bertz CT molecular complexity index is 683. The fraction of sp³-hybridized carbons (Fsp3) is 0.643. The van der Waals surface area contributed by atoms with Gasteiger partial charge in [0.2, 0.25) is 0 Å². The van der Waals surface area contributed by atoms with E-state index in [0.717, 1.165) is 31.7 Å². The molecule has 0 spiro atoms. The third-order valence-corrected chi connectivity index (χ3v) is 3.80. The average molecular weight is 290 g/mol. The third-order valence-electron chi connectivity index (χ3n) is 3.80. The lowest BCUT2D eigenvalue weighted by atomic mass is 10.1. The van der Waals surface area contributed by atoms with Gasteiger partial charge in [0.15, 0.2) is 5.65 Å². The molecule has 7 heteroatoms. The monoisotopic (exact) mass is 290 g/mol. The molecule has 0 aromatic carbocycles. The van der Waals surface area contributed by atoms with Crippen molar-refractivity contribution in [2.75, 3.05) is 18.0 Å². The fourth-order valence-electron chi connectivity index (χ4n) is 2.72. The van der Waals surface area contributed by atoms with E-state index in [2.05, 4.69) is 46.3 Å². The predicted molar refractivity (Wildman–Crippen MR) is 81.7 cm³/mol. The number of hydrogen-bond acceptors (Lipinski definition) is 5. The second-order valence-electron chi connectivity index (χ2n) is 6.61. The summed E-state index contributed by atoms with van der Waals surface area (Å²) in [6.07, 6.45) is 2.29. The summed E-state index contributed by atoms with van der Waals surface area (Å²) in [7, 11) is 0. The van der Waals surface area contributed by atoms with Gasteiger partial charge in [0.05, 0.1) is 0 Å². The van der Waals surface area contributed by atoms with Gasteiger partial charge in [-0.25, -0.2) is 9.89 Å². The number of hydrogen-bond donors (Lipinski definition) is 2. The number of nitrogens with one attached hydrogen (secondary N) is 2. The van der Waals surface area contributed by atoms with Gasteiger partial charge in [-0.15, -0.1) is 5.10 Å². The summed E-state index contributed by atoms with van der Waals surface area (Å²) in [5.41, 5.74) is 0.357. The third kappa shape index (κ3) is 2.92. The van der Waals surface area contributed by atoms with E-state index in [1.165, 1.54) is 4.52 Å². The zero-order valence-electron chi connectivity index (χ0n) is 12.8. The Morgan fingerprint density at radius 3 is 3.00 bits per heavy atom. The average Bonchev–Trinajstić information content (AvgIpc) is 3.03. The van der Waals surface area contributed by atoms with Crippen LogP contribution in [0.3, 0.4) is 0 Å². The molecule has 0 aliphatic carbocycles. The van der Waals surface area contributed by atoms with Crippen LogP contribution >= 0.6 is 0 Å². The second-order valence-corrected chi connectivity index (χ2v) is 6.61. The van der Waals surface area contributed by atoms with Crippen molar-refractivity contribution in [3.63, 3.8) is 0 Å². The van der Waals surface area contributed by atoms with Gasteiger partial charge in [0.25, 0.3) is 0 Å². The number of aromatic nitrogens is 4. The van der Waals surface area contributed by atoms with E-state index in [1.54, 1.807) is 0 Å². The Labute approximate surface area is 123 Å². The molecule has 21 heavy (non-hydrogen) atoms. The molecule has 0 saturated carbocycles. The van der Waals surface area contributed by atoms with E-state index < -0.39 is 0 Å². The Hall–Kier alpha value is -1.89. The molecule has 2 aromatic rings. The minimum Gasteiger partial charge on any atom is -0.351 e. The van der Waals surface area contributed by atoms with Gasteiger partial charge >= 0.3 is 5.69 Å². The molecular formula is C14H22N6O. The molecular weight excluding hydrogens is 268 g/mol. The highest BCUT2D eigenvalue weighted by atomic mass is 16.2. The first-order valence-electron chi connectivity index (χ1n) is 7.40. The first-order chi connectivity index (χ1) is 9.94. The summed E-state index contributed by atoms with van der Waals surface area (Å²) in [5.74, 6) is 0.837. The van der Waals surface area contributed by atoms with Crippen molar-refractivity contribution in [1.82, 2.24) is 25.1 Å². The molecule has 7 nitrogen and oxygen atoms in total. The maximum atomic E-state index is 11.6. The van der Waals surface area contributed by atoms with Crippen LogP contribution in [0.25, 0.3) is 5.65 Å². The molecule has 0 amide bonds. The zero-order chi connectivity index (χ0) is 15.0. The lowest BCUT2D eigenvalue weighted by molar-refractivity contribution is 0.404. The van der Waals surface area contributed by atoms with Crippen LogP contribution in [0.4, 0.5) is 5.82 Å². The van der Waals surface area contributed by atoms with Crippen LogP contribution in [0.5, 0.6) is 0 Å². The summed E-state index contributed by atoms with van der Waals surface area (Å²) in [4.78, 5) is 13.9. The number of H-pyrrole nitrogens is 1. The van der Waals surface area contributed by atoms with Gasteiger partial charge in [-0.1, -0.05) is 0 Å². The summed E-state index contributed by atoms with van der Waals surface area (Å²) >= 11 is 0. The van der Waals surface area contributed by atoms with Crippen molar-refractivity contribution in [3.8, 4) is 0 Å². The number of nitrogens with zero attached hydrogens (tertiary/aromatic N) is 4. The predicted octanol–water partition coefficient (Wildman–Crippen LogP) is 0.774. The van der Waals surface area contributed by atoms with Crippen LogP contribution in [0.2, 0.25) is 0 Å². The summed E-state index contributed by atoms with van der Waals surface area (Å²) in [6.45, 7) is 8.40. The smallest absolute Gasteiger partial charge is 0.351 e. The summed E-state index contributed by atoms with van der Waals surface area (Å²) in [5, 5.41) is 14.3. The SMILES string of the molecule is CC(C)(C)NCC1CCCN1c1ccc2n[nH]c(=O)n2n1. The van der Waals surface area contributed by atoms with E-state index in [4.69, 9.17) is 0 Å². The van der Waals surface area contributed by atoms with Gasteiger partial charge in [0, 0.05) is 24.7 Å². The lowest BCUT2D eigenvalue weighted by Gasteiger charge is -2.29. The van der Waals surface area contributed by atoms with E-state index >= 15 is 0 Å². The topological polar surface area (TPSA) is 78.3 Å². The van der Waals surface area contributed by atoms with E-state index in [0.29, 0.717) is 11.7 Å². The van der Waals surface area contributed by atoms with Gasteiger partial charge < -0.3 is 10.2 Å². The Morgan fingerprint density at radius 1 is 1.43 bits per heavy atom. The molecule has 1 aliphatic heterocycles. The van der Waals surface area contributed by atoms with Crippen LogP contribution in [-0.2, 0) is 0 Å². The molecule has 3 heterocycles. The normalized spacial score (nSPS) is 19.6. The number of rotatable bonds is 3. The largest absolute Gasteiger partial charge is 0.364 e. The quantitative estimate of drug-likeness (QED) is 0.873. The van der Waals surface area contributed by atoms with Crippen LogP contribution < -0.4 is 15.9 Å². The van der Waals surface area contributed by atoms with Crippen molar-refractivity contribution >= 4 is 11.5 Å². The summed E-state index contributed by atoms with van der Waals surface area (Å²) in [6, 6.07) is 4.18. The summed E-state index contributed by atoms with van der Waals surface area (Å²) < 4.78 is 1.32. The minimum absolute atomic E-state index is 0.104. The van der Waals surface area contributed by atoms with Gasteiger partial charge in [0.1, 0.15) is 5.82 Å². The molecule has 2 N–H and O–H groups in total. The van der Waals surface area contributed by atoms with Crippen molar-refractivity contribution in [2.24, 2.45) is 0 Å². The van der Waals surface area contributed by atoms with Crippen molar-refractivity contribution in [2.45, 2.75) is 45.2 Å². The Kier molecular flexibility index (Phi) is 3.44. The first kappa shape index (κ1) is 14.1. The van der Waals surface area contributed by atoms with Gasteiger partial charge in [-0.3, -0.25) is 0 Å². The molecule has 0 bridgehead atoms. The molecule has 1 unspecified atom stereocenters. The van der Waals surface area contributed by atoms with Gasteiger partial charge in [-0.05, 0) is 45.7 Å². The van der Waals surface area contributed by atoms with Gasteiger partial charge in [-0.2, -0.15) is 9.61 Å². The molecule has 2 aromatic heterocycles. The van der Waals surface area contributed by atoms with Crippen LogP contribution in [0.15, 0.2) is 16.9 Å². The molecule has 1 atom stereocenters. The molecule has 0 radical (unpaired) electrons.